The molecule has 2 heteroatoms. The molecule has 0 bridgehead atoms. The van der Waals surface area contributed by atoms with Crippen LogP contribution in [0.25, 0.3) is 0 Å². The summed E-state index contributed by atoms with van der Waals surface area (Å²) in [6.07, 6.45) is 0.608. The van der Waals surface area contributed by atoms with Crippen LogP contribution in [0, 0.1) is 0 Å². The summed E-state index contributed by atoms with van der Waals surface area (Å²) < 4.78 is 11.9. The molecule has 2 atom stereocenters. The van der Waals surface area contributed by atoms with Crippen LogP contribution >= 0.6 is 15.9 Å². The molecule has 1 saturated carbocycles. The minimum absolute atomic E-state index is 0.0729. The van der Waals surface area contributed by atoms with Crippen LogP contribution in [0.5, 0.6) is 0 Å². The predicted octanol–water partition coefficient (Wildman–Crippen LogP) is 3.23. The second kappa shape index (κ2) is 2.31. The summed E-state index contributed by atoms with van der Waals surface area (Å²) in [6.45, 7) is 0. The lowest BCUT2D eigenvalue weighted by atomic mass is 10.1. The molecule has 0 N–H and O–H groups in total. The molecule has 1 aromatic rings. The summed E-state index contributed by atoms with van der Waals surface area (Å²) in [7, 11) is 0. The van der Waals surface area contributed by atoms with Crippen molar-refractivity contribution in [2.24, 2.45) is 0 Å². The van der Waals surface area contributed by atoms with E-state index in [0.717, 1.165) is 5.56 Å². The van der Waals surface area contributed by atoms with Gasteiger partial charge in [0.05, 0.1) is 0 Å². The van der Waals surface area contributed by atoms with Gasteiger partial charge in [-0.15, -0.1) is 0 Å². The summed E-state index contributed by atoms with van der Waals surface area (Å²) in [5.41, 5.74) is 1.09. The molecule has 0 aliphatic heterocycles. The lowest BCUT2D eigenvalue weighted by Gasteiger charge is -1.97. The van der Waals surface area contributed by atoms with Crippen LogP contribution in [0.4, 0.5) is 4.39 Å². The molecular weight excluding hydrogens is 207 g/mol. The van der Waals surface area contributed by atoms with Gasteiger partial charge < -0.3 is 0 Å². The Hall–Kier alpha value is -0.370. The highest BCUT2D eigenvalue weighted by atomic mass is 79.9. The van der Waals surface area contributed by atoms with Crippen molar-refractivity contribution in [2.45, 2.75) is 16.9 Å². The highest BCUT2D eigenvalue weighted by Crippen LogP contribution is 2.58. The first-order valence-corrected chi connectivity index (χ1v) is 4.42. The van der Waals surface area contributed by atoms with E-state index in [1.54, 1.807) is 0 Å². The van der Waals surface area contributed by atoms with Crippen molar-refractivity contribution in [3.8, 4) is 0 Å². The van der Waals surface area contributed by atoms with E-state index in [-0.39, 0.29) is 5.92 Å². The molecular formula is C9H8BrF. The monoisotopic (exact) mass is 214 g/mol. The summed E-state index contributed by atoms with van der Waals surface area (Å²) >= 11 is 3.02. The smallest absolute Gasteiger partial charge is 0.172 e. The zero-order valence-corrected chi connectivity index (χ0v) is 7.51. The van der Waals surface area contributed by atoms with Crippen molar-refractivity contribution in [3.05, 3.63) is 35.9 Å². The standard InChI is InChI=1S/C9H8BrF/c10-9(11)6-8(9)7-4-2-1-3-5-7/h1-5,8H,6H2/t8-,9?/m0/s1. The van der Waals surface area contributed by atoms with Gasteiger partial charge in [0.1, 0.15) is 0 Å². The number of halogens is 2. The van der Waals surface area contributed by atoms with E-state index >= 15 is 0 Å². The van der Waals surface area contributed by atoms with Gasteiger partial charge in [-0.25, -0.2) is 4.39 Å². The minimum atomic E-state index is -1.12. The Kier molecular flexibility index (Phi) is 1.53. The number of benzene rings is 1. The van der Waals surface area contributed by atoms with Gasteiger partial charge in [0.2, 0.25) is 0 Å². The van der Waals surface area contributed by atoms with E-state index in [0.29, 0.717) is 6.42 Å². The van der Waals surface area contributed by atoms with Gasteiger partial charge in [-0.2, -0.15) is 0 Å². The lowest BCUT2D eigenvalue weighted by Crippen LogP contribution is -1.89. The van der Waals surface area contributed by atoms with Gasteiger partial charge in [0.25, 0.3) is 0 Å². The maximum Gasteiger partial charge on any atom is 0.172 e. The number of alkyl halides is 2. The Balaban J connectivity index is 2.21. The molecule has 0 amide bonds. The van der Waals surface area contributed by atoms with Crippen molar-refractivity contribution >= 4 is 15.9 Å². The van der Waals surface area contributed by atoms with E-state index in [2.05, 4.69) is 15.9 Å². The SMILES string of the molecule is FC1(Br)C[C@H]1c1ccccc1. The first-order chi connectivity index (χ1) is 5.20. The minimum Gasteiger partial charge on any atom is -0.231 e. The predicted molar refractivity (Wildman–Crippen MR) is 46.6 cm³/mol. The van der Waals surface area contributed by atoms with Crippen LogP contribution in [0.1, 0.15) is 17.9 Å². The first kappa shape index (κ1) is 7.29. The molecule has 0 saturated heterocycles. The Morgan fingerprint density at radius 1 is 1.36 bits per heavy atom. The molecule has 1 fully saturated rings. The van der Waals surface area contributed by atoms with Crippen LogP contribution in [0.2, 0.25) is 0 Å². The molecule has 0 heterocycles. The Morgan fingerprint density at radius 2 is 1.91 bits per heavy atom. The Labute approximate surface area is 73.6 Å². The first-order valence-electron chi connectivity index (χ1n) is 3.63. The normalized spacial score (nSPS) is 35.3. The summed E-state index contributed by atoms with van der Waals surface area (Å²) in [5.74, 6) is 0.0729. The van der Waals surface area contributed by atoms with E-state index in [1.165, 1.54) is 0 Å². The molecule has 58 valence electrons. The zero-order chi connectivity index (χ0) is 7.90. The summed E-state index contributed by atoms with van der Waals surface area (Å²) in [6, 6.07) is 9.76. The van der Waals surface area contributed by atoms with E-state index < -0.39 is 4.58 Å². The van der Waals surface area contributed by atoms with Crippen molar-refractivity contribution in [3.63, 3.8) is 0 Å². The molecule has 0 radical (unpaired) electrons. The van der Waals surface area contributed by atoms with E-state index in [1.807, 2.05) is 30.3 Å². The fourth-order valence-electron chi connectivity index (χ4n) is 1.26. The maximum absolute atomic E-state index is 13.1. The van der Waals surface area contributed by atoms with Crippen LogP contribution in [-0.2, 0) is 0 Å². The zero-order valence-electron chi connectivity index (χ0n) is 5.93. The average Bonchev–Trinajstić information content (AvgIpc) is 2.62. The second-order valence-corrected chi connectivity index (χ2v) is 4.25. The highest BCUT2D eigenvalue weighted by molar-refractivity contribution is 9.10. The average molecular weight is 215 g/mol. The largest absolute Gasteiger partial charge is 0.231 e. The van der Waals surface area contributed by atoms with Crippen molar-refractivity contribution in [1.29, 1.82) is 0 Å². The molecule has 1 aliphatic rings. The quantitative estimate of drug-likeness (QED) is 0.631. The van der Waals surface area contributed by atoms with Gasteiger partial charge in [0, 0.05) is 12.3 Å². The van der Waals surface area contributed by atoms with Crippen molar-refractivity contribution in [1.82, 2.24) is 0 Å². The van der Waals surface area contributed by atoms with Crippen LogP contribution in [0.15, 0.2) is 30.3 Å². The summed E-state index contributed by atoms with van der Waals surface area (Å²) in [5, 5.41) is 0. The number of rotatable bonds is 1. The van der Waals surface area contributed by atoms with Gasteiger partial charge in [-0.3, -0.25) is 0 Å². The maximum atomic E-state index is 13.1. The van der Waals surface area contributed by atoms with Crippen LogP contribution < -0.4 is 0 Å². The third-order valence-corrected chi connectivity index (χ3v) is 2.90. The van der Waals surface area contributed by atoms with E-state index in [9.17, 15) is 4.39 Å². The lowest BCUT2D eigenvalue weighted by molar-refractivity contribution is 0.436. The highest BCUT2D eigenvalue weighted by Gasteiger charge is 2.54. The Bertz CT molecular complexity index is 256. The molecule has 1 aromatic carbocycles. The summed E-state index contributed by atoms with van der Waals surface area (Å²) in [4.78, 5) is 0. The molecule has 11 heavy (non-hydrogen) atoms. The van der Waals surface area contributed by atoms with Gasteiger partial charge in [-0.05, 0) is 21.5 Å². The fourth-order valence-corrected chi connectivity index (χ4v) is 1.85. The van der Waals surface area contributed by atoms with Gasteiger partial charge in [-0.1, -0.05) is 30.3 Å². The molecule has 1 aliphatic carbocycles. The molecule has 1 unspecified atom stereocenters. The van der Waals surface area contributed by atoms with Crippen molar-refractivity contribution < 1.29 is 4.39 Å². The third-order valence-electron chi connectivity index (χ3n) is 2.03. The van der Waals surface area contributed by atoms with Crippen LogP contribution in [-0.4, -0.2) is 4.58 Å². The second-order valence-electron chi connectivity index (χ2n) is 2.93. The van der Waals surface area contributed by atoms with Gasteiger partial charge in [0.15, 0.2) is 4.58 Å². The molecule has 2 rings (SSSR count). The fraction of sp³-hybridized carbons (Fsp3) is 0.333. The van der Waals surface area contributed by atoms with Crippen LogP contribution in [0.3, 0.4) is 0 Å². The van der Waals surface area contributed by atoms with E-state index in [4.69, 9.17) is 0 Å². The topological polar surface area (TPSA) is 0 Å². The number of hydrogen-bond acceptors (Lipinski definition) is 0. The van der Waals surface area contributed by atoms with Crippen molar-refractivity contribution in [2.75, 3.05) is 0 Å². The molecule has 0 nitrogen and oxygen atoms in total. The molecule has 0 aromatic heterocycles. The number of hydrogen-bond donors (Lipinski definition) is 0. The van der Waals surface area contributed by atoms with Gasteiger partial charge >= 0.3 is 0 Å². The molecule has 0 spiro atoms. The Morgan fingerprint density at radius 3 is 2.36 bits per heavy atom. The third kappa shape index (κ3) is 1.32.